The van der Waals surface area contributed by atoms with E-state index in [1.807, 2.05) is 30.3 Å². The Labute approximate surface area is 198 Å². The fourth-order valence-corrected chi connectivity index (χ4v) is 5.43. The fourth-order valence-electron chi connectivity index (χ4n) is 5.43. The van der Waals surface area contributed by atoms with Crippen LogP contribution in [-0.4, -0.2) is 35.1 Å². The minimum atomic E-state index is -0.527. The maximum absolute atomic E-state index is 12.9. The van der Waals surface area contributed by atoms with Crippen LogP contribution in [0.25, 0.3) is 0 Å². The number of esters is 1. The van der Waals surface area contributed by atoms with E-state index in [0.717, 1.165) is 31.2 Å². The Morgan fingerprint density at radius 1 is 0.971 bits per heavy atom. The van der Waals surface area contributed by atoms with Gasteiger partial charge in [-0.3, -0.25) is 19.2 Å². The van der Waals surface area contributed by atoms with Gasteiger partial charge in [-0.05, 0) is 49.1 Å². The van der Waals surface area contributed by atoms with Gasteiger partial charge in [-0.25, -0.2) is 4.90 Å². The van der Waals surface area contributed by atoms with Gasteiger partial charge < -0.3 is 9.64 Å². The molecule has 2 heterocycles. The van der Waals surface area contributed by atoms with E-state index in [4.69, 9.17) is 4.74 Å². The summed E-state index contributed by atoms with van der Waals surface area (Å²) < 4.78 is 5.59. The second kappa shape index (κ2) is 9.05. The van der Waals surface area contributed by atoms with Gasteiger partial charge >= 0.3 is 5.97 Å². The zero-order chi connectivity index (χ0) is 23.8. The Hall–Kier alpha value is -3.48. The molecule has 0 spiro atoms. The Balaban J connectivity index is 1.25. The highest BCUT2D eigenvalue weighted by Crippen LogP contribution is 2.41. The minimum absolute atomic E-state index is 0.0649. The van der Waals surface area contributed by atoms with Crippen LogP contribution in [0, 0.1) is 24.7 Å². The van der Waals surface area contributed by atoms with Gasteiger partial charge in [0.15, 0.2) is 0 Å². The monoisotopic (exact) mass is 460 g/mol. The van der Waals surface area contributed by atoms with Gasteiger partial charge in [0.05, 0.1) is 23.4 Å². The number of rotatable bonds is 5. The topological polar surface area (TPSA) is 84.0 Å². The van der Waals surface area contributed by atoms with Crippen LogP contribution in [0.2, 0.25) is 0 Å². The van der Waals surface area contributed by atoms with E-state index < -0.39 is 11.9 Å². The lowest BCUT2D eigenvalue weighted by Gasteiger charge is -2.19. The number of hydrogen-bond donors (Lipinski definition) is 0. The van der Waals surface area contributed by atoms with Gasteiger partial charge in [0.2, 0.25) is 17.7 Å². The summed E-state index contributed by atoms with van der Waals surface area (Å²) in [5.41, 5.74) is 2.26. The predicted molar refractivity (Wildman–Crippen MR) is 125 cm³/mol. The van der Waals surface area contributed by atoms with Crippen molar-refractivity contribution in [2.24, 2.45) is 17.8 Å². The highest BCUT2D eigenvalue weighted by molar-refractivity contribution is 6.22. The van der Waals surface area contributed by atoms with Crippen molar-refractivity contribution < 1.29 is 23.9 Å². The molecule has 2 aromatic rings. The Kier molecular flexibility index (Phi) is 5.94. The smallest absolute Gasteiger partial charge is 0.316 e. The summed E-state index contributed by atoms with van der Waals surface area (Å²) in [5, 5.41) is 0. The lowest BCUT2D eigenvalue weighted by Crippen LogP contribution is -2.31. The molecule has 176 valence electrons. The van der Waals surface area contributed by atoms with Crippen molar-refractivity contribution in [3.05, 3.63) is 59.7 Å². The molecule has 0 bridgehead atoms. The molecule has 2 aliphatic heterocycles. The molecular formula is C27H28N2O5. The van der Waals surface area contributed by atoms with E-state index in [-0.39, 0.29) is 36.0 Å². The van der Waals surface area contributed by atoms with E-state index in [1.54, 1.807) is 30.0 Å². The fraction of sp³-hybridized carbons (Fsp3) is 0.407. The zero-order valence-corrected chi connectivity index (χ0v) is 19.2. The molecule has 34 heavy (non-hydrogen) atoms. The lowest BCUT2D eigenvalue weighted by atomic mass is 9.81. The van der Waals surface area contributed by atoms with Gasteiger partial charge in [0.1, 0.15) is 5.75 Å². The molecular weight excluding hydrogens is 432 g/mol. The van der Waals surface area contributed by atoms with Crippen LogP contribution in [0.5, 0.6) is 5.75 Å². The molecule has 0 radical (unpaired) electrons. The Morgan fingerprint density at radius 3 is 2.29 bits per heavy atom. The number of aryl methyl sites for hydroxylation is 1. The van der Waals surface area contributed by atoms with Gasteiger partial charge in [-0.15, -0.1) is 0 Å². The van der Waals surface area contributed by atoms with E-state index in [1.165, 1.54) is 4.90 Å². The van der Waals surface area contributed by atoms with Crippen molar-refractivity contribution in [3.8, 4) is 5.75 Å². The van der Waals surface area contributed by atoms with Crippen LogP contribution >= 0.6 is 0 Å². The number of carbonyl (C=O) groups excluding carboxylic acids is 4. The van der Waals surface area contributed by atoms with Crippen molar-refractivity contribution >= 4 is 29.4 Å². The predicted octanol–water partition coefficient (Wildman–Crippen LogP) is 3.63. The first-order valence-corrected chi connectivity index (χ1v) is 11.9. The molecule has 2 aromatic carbocycles. The second-order valence-corrected chi connectivity index (χ2v) is 9.54. The summed E-state index contributed by atoms with van der Waals surface area (Å²) in [6.07, 6.45) is 3.62. The van der Waals surface area contributed by atoms with E-state index in [9.17, 15) is 19.2 Å². The number of fused-ring (bicyclic) bond motifs is 1. The molecule has 1 saturated carbocycles. The van der Waals surface area contributed by atoms with Gasteiger partial charge in [0, 0.05) is 19.5 Å². The lowest BCUT2D eigenvalue weighted by molar-refractivity contribution is -0.139. The summed E-state index contributed by atoms with van der Waals surface area (Å²) in [6.45, 7) is 2.59. The van der Waals surface area contributed by atoms with Gasteiger partial charge in [-0.2, -0.15) is 0 Å². The summed E-state index contributed by atoms with van der Waals surface area (Å²) in [5.74, 6) is -1.36. The molecule has 0 aromatic heterocycles. The molecule has 3 aliphatic rings. The molecule has 2 saturated heterocycles. The Morgan fingerprint density at radius 2 is 1.65 bits per heavy atom. The van der Waals surface area contributed by atoms with Crippen LogP contribution < -0.4 is 9.64 Å². The maximum atomic E-state index is 12.9. The van der Waals surface area contributed by atoms with Crippen molar-refractivity contribution in [3.63, 3.8) is 0 Å². The van der Waals surface area contributed by atoms with Crippen LogP contribution in [0.3, 0.4) is 0 Å². The molecule has 0 N–H and O–H groups in total. The van der Waals surface area contributed by atoms with Crippen molar-refractivity contribution in [1.82, 2.24) is 4.90 Å². The quantitative estimate of drug-likeness (QED) is 0.387. The number of hydrogen-bond acceptors (Lipinski definition) is 5. The second-order valence-electron chi connectivity index (χ2n) is 9.54. The first-order valence-electron chi connectivity index (χ1n) is 11.9. The van der Waals surface area contributed by atoms with Crippen LogP contribution in [-0.2, 0) is 25.7 Å². The van der Waals surface area contributed by atoms with Crippen molar-refractivity contribution in [2.75, 3.05) is 11.4 Å². The van der Waals surface area contributed by atoms with E-state index in [0.29, 0.717) is 30.1 Å². The maximum Gasteiger partial charge on any atom is 0.316 e. The average Bonchev–Trinajstić information content (AvgIpc) is 3.32. The molecule has 7 nitrogen and oxygen atoms in total. The number of amides is 3. The largest absolute Gasteiger partial charge is 0.426 e. The summed E-state index contributed by atoms with van der Waals surface area (Å²) in [4.78, 5) is 54.0. The molecule has 3 fully saturated rings. The molecule has 7 heteroatoms. The summed E-state index contributed by atoms with van der Waals surface area (Å²) in [7, 11) is 0. The molecule has 5 rings (SSSR count). The standard InChI is InChI=1S/C27H28N2O5/c1-17-13-20(11-12-23(17)29-25(31)21-9-5-6-10-22(21)26(29)32)34-27(33)19-14-24(30)28(16-19)15-18-7-3-2-4-8-18/h2-4,7-8,11-13,19,21-22H,5-6,9-10,14-16H2,1H3/t19-,21+,22+/m1/s1. The SMILES string of the molecule is Cc1cc(OC(=O)[C@@H]2CC(=O)N(Cc3ccccc3)C2)ccc1N1C(=O)[C@H]2CCCC[C@@H]2C1=O. The number of nitrogens with zero attached hydrogens (tertiary/aromatic N) is 2. The normalized spacial score (nSPS) is 24.5. The van der Waals surface area contributed by atoms with Crippen molar-refractivity contribution in [2.45, 2.75) is 45.6 Å². The number of ether oxygens (including phenoxy) is 1. The van der Waals surface area contributed by atoms with Crippen LogP contribution in [0.15, 0.2) is 48.5 Å². The summed E-state index contributed by atoms with van der Waals surface area (Å²) >= 11 is 0. The molecule has 3 atom stereocenters. The summed E-state index contributed by atoms with van der Waals surface area (Å²) in [6, 6.07) is 14.6. The third kappa shape index (κ3) is 4.11. The first-order chi connectivity index (χ1) is 16.4. The average molecular weight is 461 g/mol. The van der Waals surface area contributed by atoms with Crippen molar-refractivity contribution in [1.29, 1.82) is 0 Å². The highest BCUT2D eigenvalue weighted by Gasteiger charge is 2.49. The van der Waals surface area contributed by atoms with Crippen LogP contribution in [0.4, 0.5) is 5.69 Å². The van der Waals surface area contributed by atoms with E-state index >= 15 is 0 Å². The number of benzene rings is 2. The number of imide groups is 1. The number of carbonyl (C=O) groups is 4. The minimum Gasteiger partial charge on any atom is -0.426 e. The highest BCUT2D eigenvalue weighted by atomic mass is 16.5. The number of likely N-dealkylation sites (tertiary alicyclic amines) is 1. The van der Waals surface area contributed by atoms with Crippen LogP contribution in [0.1, 0.15) is 43.2 Å². The number of anilines is 1. The third-order valence-corrected chi connectivity index (χ3v) is 7.23. The molecule has 0 unspecified atom stereocenters. The first kappa shape index (κ1) is 22.3. The third-order valence-electron chi connectivity index (χ3n) is 7.23. The van der Waals surface area contributed by atoms with Gasteiger partial charge in [-0.1, -0.05) is 43.2 Å². The van der Waals surface area contributed by atoms with E-state index in [2.05, 4.69) is 0 Å². The van der Waals surface area contributed by atoms with Gasteiger partial charge in [0.25, 0.3) is 0 Å². The molecule has 1 aliphatic carbocycles. The Bertz CT molecular complexity index is 1120. The molecule has 3 amide bonds. The zero-order valence-electron chi connectivity index (χ0n) is 19.2.